The zero-order valence-electron chi connectivity index (χ0n) is 10.6. The van der Waals surface area contributed by atoms with Crippen molar-refractivity contribution < 1.29 is 4.74 Å². The summed E-state index contributed by atoms with van der Waals surface area (Å²) in [6, 6.07) is 12.0. The molecule has 94 valence electrons. The van der Waals surface area contributed by atoms with Gasteiger partial charge >= 0.3 is 0 Å². The van der Waals surface area contributed by atoms with Crippen molar-refractivity contribution in [2.24, 2.45) is 0 Å². The lowest BCUT2D eigenvalue weighted by molar-refractivity contribution is 0.181. The third kappa shape index (κ3) is 3.09. The van der Waals surface area contributed by atoms with Gasteiger partial charge in [-0.05, 0) is 29.3 Å². The molecule has 0 N–H and O–H groups in total. The average Bonchev–Trinajstić information content (AvgIpc) is 2.40. The highest BCUT2D eigenvalue weighted by Crippen LogP contribution is 2.24. The number of hydrogen-bond donors (Lipinski definition) is 0. The molecule has 0 amide bonds. The van der Waals surface area contributed by atoms with Crippen molar-refractivity contribution in [3.8, 4) is 0 Å². The second-order valence-electron chi connectivity index (χ2n) is 4.29. The molecule has 2 nitrogen and oxygen atoms in total. The van der Waals surface area contributed by atoms with Crippen LogP contribution in [0.4, 0.5) is 0 Å². The van der Waals surface area contributed by atoms with Crippen LogP contribution in [0.15, 0.2) is 42.6 Å². The average molecular weight is 262 g/mol. The lowest BCUT2D eigenvalue weighted by Crippen LogP contribution is -1.99. The molecule has 1 aromatic heterocycles. The molecule has 1 atom stereocenters. The molecule has 0 aliphatic rings. The molecule has 2 aromatic rings. The zero-order valence-corrected chi connectivity index (χ0v) is 11.3. The first-order chi connectivity index (χ1) is 8.70. The molecule has 1 aromatic carbocycles. The number of hydrogen-bond acceptors (Lipinski definition) is 2. The number of methoxy groups -OCH3 is 1. The molecule has 18 heavy (non-hydrogen) atoms. The van der Waals surface area contributed by atoms with Crippen molar-refractivity contribution >= 4 is 11.6 Å². The normalized spacial score (nSPS) is 12.4. The summed E-state index contributed by atoms with van der Waals surface area (Å²) in [6.07, 6.45) is 1.91. The van der Waals surface area contributed by atoms with Crippen LogP contribution in [0.3, 0.4) is 0 Å². The second-order valence-corrected chi connectivity index (χ2v) is 4.73. The maximum absolute atomic E-state index is 5.89. The van der Waals surface area contributed by atoms with Gasteiger partial charge in [-0.25, -0.2) is 0 Å². The highest BCUT2D eigenvalue weighted by Gasteiger charge is 2.08. The number of pyridine rings is 1. The Morgan fingerprint density at radius 3 is 2.33 bits per heavy atom. The Kier molecular flexibility index (Phi) is 4.34. The van der Waals surface area contributed by atoms with Gasteiger partial charge in [0.15, 0.2) is 0 Å². The molecule has 0 spiro atoms. The van der Waals surface area contributed by atoms with Crippen LogP contribution in [0.25, 0.3) is 0 Å². The number of halogens is 1. The van der Waals surface area contributed by atoms with Crippen LogP contribution in [-0.4, -0.2) is 12.1 Å². The number of nitrogens with zero attached hydrogens (tertiary/aromatic N) is 1. The Bertz CT molecular complexity index is 493. The van der Waals surface area contributed by atoms with E-state index in [9.17, 15) is 0 Å². The molecule has 0 bridgehead atoms. The summed E-state index contributed by atoms with van der Waals surface area (Å²) in [5, 5.41) is 0.763. The van der Waals surface area contributed by atoms with Crippen molar-refractivity contribution in [1.29, 1.82) is 0 Å². The Hall–Kier alpha value is -1.38. The van der Waals surface area contributed by atoms with Gasteiger partial charge in [-0.15, -0.1) is 0 Å². The van der Waals surface area contributed by atoms with E-state index in [4.69, 9.17) is 16.3 Å². The molecule has 0 saturated carbocycles. The third-order valence-corrected chi connectivity index (χ3v) is 3.26. The molecule has 0 aliphatic carbocycles. The summed E-state index contributed by atoms with van der Waals surface area (Å²) in [7, 11) is 1.67. The fraction of sp³-hybridized carbons (Fsp3) is 0.267. The highest BCUT2D eigenvalue weighted by atomic mass is 35.5. The van der Waals surface area contributed by atoms with Gasteiger partial charge in [-0.3, -0.25) is 4.98 Å². The quantitative estimate of drug-likeness (QED) is 0.829. The molecule has 0 radical (unpaired) electrons. The monoisotopic (exact) mass is 261 g/mol. The van der Waals surface area contributed by atoms with Crippen molar-refractivity contribution in [3.05, 3.63) is 64.4 Å². The molecular formula is C15H16ClNO. The Morgan fingerprint density at radius 2 is 1.78 bits per heavy atom. The van der Waals surface area contributed by atoms with Gasteiger partial charge in [-0.2, -0.15) is 0 Å². The van der Waals surface area contributed by atoms with Crippen LogP contribution >= 0.6 is 11.6 Å². The van der Waals surface area contributed by atoms with Gasteiger partial charge in [-0.1, -0.05) is 36.7 Å². The van der Waals surface area contributed by atoms with Crippen molar-refractivity contribution in [3.63, 3.8) is 0 Å². The Labute approximate surface area is 113 Å². The second kappa shape index (κ2) is 5.98. The molecule has 1 unspecified atom stereocenters. The Morgan fingerprint density at radius 1 is 1.11 bits per heavy atom. The summed E-state index contributed by atoms with van der Waals surface area (Å²) in [4.78, 5) is 4.38. The van der Waals surface area contributed by atoms with E-state index < -0.39 is 0 Å². The maximum atomic E-state index is 5.89. The van der Waals surface area contributed by atoms with E-state index in [1.807, 2.05) is 24.4 Å². The first-order valence-electron chi connectivity index (χ1n) is 5.90. The largest absolute Gasteiger partial charge is 0.378 e. The standard InChI is InChI=1S/C15H16ClNO/c1-11(12-3-6-14(16)7-4-12)13-5-8-15(10-18-2)17-9-13/h3-9,11H,10H2,1-2H3. The van der Waals surface area contributed by atoms with E-state index in [1.165, 1.54) is 11.1 Å². The fourth-order valence-electron chi connectivity index (χ4n) is 1.87. The van der Waals surface area contributed by atoms with E-state index in [-0.39, 0.29) is 0 Å². The van der Waals surface area contributed by atoms with Crippen molar-refractivity contribution in [2.75, 3.05) is 7.11 Å². The zero-order chi connectivity index (χ0) is 13.0. The molecule has 3 heteroatoms. The van der Waals surface area contributed by atoms with E-state index in [0.29, 0.717) is 12.5 Å². The van der Waals surface area contributed by atoms with Gasteiger partial charge < -0.3 is 4.74 Å². The van der Waals surface area contributed by atoms with Crippen molar-refractivity contribution in [2.45, 2.75) is 19.4 Å². The van der Waals surface area contributed by atoms with E-state index in [2.05, 4.69) is 30.1 Å². The minimum absolute atomic E-state index is 0.311. The van der Waals surface area contributed by atoms with E-state index in [1.54, 1.807) is 7.11 Å². The fourth-order valence-corrected chi connectivity index (χ4v) is 2.00. The molecule has 1 heterocycles. The predicted octanol–water partition coefficient (Wildman–Crippen LogP) is 4.03. The number of ether oxygens (including phenoxy) is 1. The first kappa shape index (κ1) is 13.1. The van der Waals surface area contributed by atoms with Gasteiger partial charge in [0.05, 0.1) is 12.3 Å². The SMILES string of the molecule is COCc1ccc(C(C)c2ccc(Cl)cc2)cn1. The molecule has 0 fully saturated rings. The van der Waals surface area contributed by atoms with Crippen LogP contribution in [0.5, 0.6) is 0 Å². The van der Waals surface area contributed by atoms with E-state index in [0.717, 1.165) is 10.7 Å². The maximum Gasteiger partial charge on any atom is 0.0884 e. The number of benzene rings is 1. The van der Waals surface area contributed by atoms with Crippen LogP contribution in [0.1, 0.15) is 29.7 Å². The highest BCUT2D eigenvalue weighted by molar-refractivity contribution is 6.30. The first-order valence-corrected chi connectivity index (χ1v) is 6.27. The van der Waals surface area contributed by atoms with Crippen LogP contribution in [-0.2, 0) is 11.3 Å². The lowest BCUT2D eigenvalue weighted by atomic mass is 9.94. The number of aromatic nitrogens is 1. The van der Waals surface area contributed by atoms with E-state index >= 15 is 0 Å². The Balaban J connectivity index is 2.17. The summed E-state index contributed by atoms with van der Waals surface area (Å²) in [5.74, 6) is 0.311. The summed E-state index contributed by atoms with van der Waals surface area (Å²) >= 11 is 5.89. The third-order valence-electron chi connectivity index (χ3n) is 3.01. The molecule has 0 saturated heterocycles. The summed E-state index contributed by atoms with van der Waals surface area (Å²) in [5.41, 5.74) is 3.38. The van der Waals surface area contributed by atoms with Crippen molar-refractivity contribution in [1.82, 2.24) is 4.98 Å². The summed E-state index contributed by atoms with van der Waals surface area (Å²) in [6.45, 7) is 2.71. The van der Waals surface area contributed by atoms with Gasteiger partial charge in [0, 0.05) is 24.2 Å². The topological polar surface area (TPSA) is 22.1 Å². The van der Waals surface area contributed by atoms with Gasteiger partial charge in [0.1, 0.15) is 0 Å². The minimum atomic E-state index is 0.311. The van der Waals surface area contributed by atoms with Crippen LogP contribution < -0.4 is 0 Å². The molecule has 2 rings (SSSR count). The van der Waals surface area contributed by atoms with Gasteiger partial charge in [0.2, 0.25) is 0 Å². The minimum Gasteiger partial charge on any atom is -0.378 e. The van der Waals surface area contributed by atoms with Gasteiger partial charge in [0.25, 0.3) is 0 Å². The number of rotatable bonds is 4. The molecule has 0 aliphatic heterocycles. The smallest absolute Gasteiger partial charge is 0.0884 e. The lowest BCUT2D eigenvalue weighted by Gasteiger charge is -2.12. The summed E-state index contributed by atoms with van der Waals surface area (Å²) < 4.78 is 5.05. The van der Waals surface area contributed by atoms with Crippen LogP contribution in [0, 0.1) is 0 Å². The molecular weight excluding hydrogens is 246 g/mol. The van der Waals surface area contributed by atoms with Crippen LogP contribution in [0.2, 0.25) is 5.02 Å². The predicted molar refractivity (Wildman–Crippen MR) is 73.9 cm³/mol.